The lowest BCUT2D eigenvalue weighted by Crippen LogP contribution is -2.23. The molecule has 0 saturated carbocycles. The van der Waals surface area contributed by atoms with Gasteiger partial charge in [-0.1, -0.05) is 18.2 Å². The Balaban J connectivity index is 1.62. The fraction of sp³-hybridized carbons (Fsp3) is 0.0952. The Labute approximate surface area is 161 Å². The number of hydrogen-bond acceptors (Lipinski definition) is 4. The van der Waals surface area contributed by atoms with Crippen molar-refractivity contribution in [1.29, 1.82) is 0 Å². The molecule has 0 aliphatic rings. The van der Waals surface area contributed by atoms with E-state index in [9.17, 15) is 9.59 Å². The van der Waals surface area contributed by atoms with Crippen LogP contribution in [0.5, 0.6) is 0 Å². The second-order valence-electron chi connectivity index (χ2n) is 6.33. The van der Waals surface area contributed by atoms with Crippen molar-refractivity contribution in [3.8, 4) is 0 Å². The molecule has 4 aromatic rings. The van der Waals surface area contributed by atoms with Crippen LogP contribution in [0.1, 0.15) is 32.4 Å². The molecule has 0 bridgehead atoms. The topological polar surface area (TPSA) is 88.6 Å². The highest BCUT2D eigenvalue weighted by Crippen LogP contribution is 2.16. The Morgan fingerprint density at radius 1 is 1.07 bits per heavy atom. The highest BCUT2D eigenvalue weighted by atomic mass is 16.3. The third kappa shape index (κ3) is 3.50. The van der Waals surface area contributed by atoms with Gasteiger partial charge >= 0.3 is 0 Å². The van der Waals surface area contributed by atoms with Crippen molar-refractivity contribution in [2.45, 2.75) is 13.5 Å². The summed E-state index contributed by atoms with van der Waals surface area (Å²) < 4.78 is 6.83. The molecule has 0 unspecified atom stereocenters. The first kappa shape index (κ1) is 17.5. The number of pyridine rings is 1. The number of amides is 2. The van der Waals surface area contributed by atoms with Gasteiger partial charge in [0.15, 0.2) is 5.69 Å². The lowest BCUT2D eigenvalue weighted by Gasteiger charge is -2.05. The second kappa shape index (κ2) is 7.40. The SMILES string of the molecule is Cc1cccc(NC(=O)c2nc(C(=O)NCc3ccco3)c3ccccn23)c1. The van der Waals surface area contributed by atoms with E-state index in [0.29, 0.717) is 17.0 Å². The van der Waals surface area contributed by atoms with Crippen molar-refractivity contribution >= 4 is 23.0 Å². The number of carbonyl (C=O) groups excluding carboxylic acids is 2. The van der Waals surface area contributed by atoms with Crippen LogP contribution in [0.3, 0.4) is 0 Å². The van der Waals surface area contributed by atoms with Crippen molar-refractivity contribution in [3.63, 3.8) is 0 Å². The number of anilines is 1. The van der Waals surface area contributed by atoms with Crippen LogP contribution in [0.25, 0.3) is 5.52 Å². The molecule has 0 aliphatic heterocycles. The number of fused-ring (bicyclic) bond motifs is 1. The van der Waals surface area contributed by atoms with Gasteiger partial charge in [-0.15, -0.1) is 0 Å². The van der Waals surface area contributed by atoms with Crippen LogP contribution in [0.15, 0.2) is 71.5 Å². The molecule has 4 rings (SSSR count). The summed E-state index contributed by atoms with van der Waals surface area (Å²) in [5.41, 5.74) is 2.43. The highest BCUT2D eigenvalue weighted by Gasteiger charge is 2.21. The van der Waals surface area contributed by atoms with Crippen LogP contribution in [0, 0.1) is 6.92 Å². The van der Waals surface area contributed by atoms with Gasteiger partial charge in [0.05, 0.1) is 18.3 Å². The van der Waals surface area contributed by atoms with E-state index in [1.165, 1.54) is 0 Å². The van der Waals surface area contributed by atoms with Crippen molar-refractivity contribution in [1.82, 2.24) is 14.7 Å². The average molecular weight is 374 g/mol. The third-order valence-corrected chi connectivity index (χ3v) is 4.25. The fourth-order valence-corrected chi connectivity index (χ4v) is 2.94. The summed E-state index contributed by atoms with van der Waals surface area (Å²) in [6.07, 6.45) is 3.25. The molecule has 0 fully saturated rings. The Morgan fingerprint density at radius 3 is 2.75 bits per heavy atom. The molecule has 140 valence electrons. The Kier molecular flexibility index (Phi) is 4.63. The van der Waals surface area contributed by atoms with E-state index >= 15 is 0 Å². The van der Waals surface area contributed by atoms with Crippen molar-refractivity contribution < 1.29 is 14.0 Å². The lowest BCUT2D eigenvalue weighted by atomic mass is 10.2. The summed E-state index contributed by atoms with van der Waals surface area (Å²) in [7, 11) is 0. The summed E-state index contributed by atoms with van der Waals surface area (Å²) in [4.78, 5) is 29.7. The number of nitrogens with zero attached hydrogens (tertiary/aromatic N) is 2. The summed E-state index contributed by atoms with van der Waals surface area (Å²) in [5.74, 6) is 0.00104. The molecular weight excluding hydrogens is 356 g/mol. The van der Waals surface area contributed by atoms with Gasteiger partial charge in [-0.05, 0) is 48.9 Å². The number of nitrogens with one attached hydrogen (secondary N) is 2. The number of aromatic nitrogens is 2. The summed E-state index contributed by atoms with van der Waals surface area (Å²) in [6.45, 7) is 2.19. The molecular formula is C21H18N4O3. The molecule has 3 aromatic heterocycles. The molecule has 2 amide bonds. The number of hydrogen-bond donors (Lipinski definition) is 2. The van der Waals surface area contributed by atoms with E-state index in [1.54, 1.807) is 53.3 Å². The largest absolute Gasteiger partial charge is 0.467 e. The number of carbonyl (C=O) groups is 2. The van der Waals surface area contributed by atoms with Gasteiger partial charge in [0.25, 0.3) is 11.8 Å². The number of imidazole rings is 1. The van der Waals surface area contributed by atoms with E-state index < -0.39 is 5.91 Å². The molecule has 3 heterocycles. The molecule has 0 saturated heterocycles. The van der Waals surface area contributed by atoms with Crippen LogP contribution in [-0.2, 0) is 6.54 Å². The first-order valence-corrected chi connectivity index (χ1v) is 8.77. The van der Waals surface area contributed by atoms with E-state index in [0.717, 1.165) is 5.56 Å². The van der Waals surface area contributed by atoms with Crippen LogP contribution in [-0.4, -0.2) is 21.2 Å². The summed E-state index contributed by atoms with van der Waals surface area (Å²) in [5, 5.41) is 5.59. The van der Waals surface area contributed by atoms with Crippen LogP contribution in [0.2, 0.25) is 0 Å². The standard InChI is InChI=1S/C21H18N4O3/c1-14-6-4-7-15(12-14)23-21(27)19-24-18(17-9-2-3-10-25(17)19)20(26)22-13-16-8-5-11-28-16/h2-12H,13H2,1H3,(H,22,26)(H,23,27). The summed E-state index contributed by atoms with van der Waals surface area (Å²) >= 11 is 0. The highest BCUT2D eigenvalue weighted by molar-refractivity contribution is 6.06. The summed E-state index contributed by atoms with van der Waals surface area (Å²) in [6, 6.07) is 16.3. The van der Waals surface area contributed by atoms with Gasteiger partial charge in [0.1, 0.15) is 5.76 Å². The predicted octanol–water partition coefficient (Wildman–Crippen LogP) is 3.42. The molecule has 1 aromatic carbocycles. The fourth-order valence-electron chi connectivity index (χ4n) is 2.94. The smallest absolute Gasteiger partial charge is 0.292 e. The van der Waals surface area contributed by atoms with Crippen molar-refractivity contribution in [3.05, 3.63) is 89.9 Å². The minimum atomic E-state index is -0.392. The Hall–Kier alpha value is -3.87. The molecule has 0 atom stereocenters. The molecule has 7 heteroatoms. The maximum Gasteiger partial charge on any atom is 0.292 e. The minimum absolute atomic E-state index is 0.139. The minimum Gasteiger partial charge on any atom is -0.467 e. The zero-order valence-electron chi connectivity index (χ0n) is 15.2. The second-order valence-corrected chi connectivity index (χ2v) is 6.33. The van der Waals surface area contributed by atoms with Gasteiger partial charge in [-0.25, -0.2) is 4.98 Å². The number of benzene rings is 1. The van der Waals surface area contributed by atoms with Crippen molar-refractivity contribution in [2.24, 2.45) is 0 Å². The van der Waals surface area contributed by atoms with Gasteiger partial charge < -0.3 is 15.1 Å². The quantitative estimate of drug-likeness (QED) is 0.560. The van der Waals surface area contributed by atoms with E-state index in [2.05, 4.69) is 15.6 Å². The van der Waals surface area contributed by atoms with E-state index in [-0.39, 0.29) is 24.0 Å². The predicted molar refractivity (Wildman–Crippen MR) is 104 cm³/mol. The zero-order chi connectivity index (χ0) is 19.5. The molecule has 7 nitrogen and oxygen atoms in total. The maximum atomic E-state index is 12.8. The van der Waals surface area contributed by atoms with Gasteiger partial charge in [0, 0.05) is 11.9 Å². The average Bonchev–Trinajstić information content (AvgIpc) is 3.34. The zero-order valence-corrected chi connectivity index (χ0v) is 15.2. The monoisotopic (exact) mass is 374 g/mol. The van der Waals surface area contributed by atoms with E-state index in [1.807, 2.05) is 25.1 Å². The molecule has 2 N–H and O–H groups in total. The molecule has 0 radical (unpaired) electrons. The first-order chi connectivity index (χ1) is 13.6. The molecule has 0 spiro atoms. The van der Waals surface area contributed by atoms with Gasteiger partial charge in [-0.2, -0.15) is 0 Å². The van der Waals surface area contributed by atoms with Gasteiger partial charge in [0.2, 0.25) is 5.82 Å². The molecule has 28 heavy (non-hydrogen) atoms. The van der Waals surface area contributed by atoms with Crippen molar-refractivity contribution in [2.75, 3.05) is 5.32 Å². The van der Waals surface area contributed by atoms with Gasteiger partial charge in [-0.3, -0.25) is 14.0 Å². The number of aryl methyl sites for hydroxylation is 1. The van der Waals surface area contributed by atoms with E-state index in [4.69, 9.17) is 4.42 Å². The third-order valence-electron chi connectivity index (χ3n) is 4.25. The molecule has 0 aliphatic carbocycles. The number of furan rings is 1. The lowest BCUT2D eigenvalue weighted by molar-refractivity contribution is 0.0945. The maximum absolute atomic E-state index is 12.8. The first-order valence-electron chi connectivity index (χ1n) is 8.77. The number of rotatable bonds is 5. The van der Waals surface area contributed by atoms with Crippen LogP contribution in [0.4, 0.5) is 5.69 Å². The van der Waals surface area contributed by atoms with Crippen LogP contribution < -0.4 is 10.6 Å². The normalized spacial score (nSPS) is 10.8. The Bertz CT molecular complexity index is 1150. The van der Waals surface area contributed by atoms with Crippen LogP contribution >= 0.6 is 0 Å². The Morgan fingerprint density at radius 2 is 1.96 bits per heavy atom.